The molecule has 4 rings (SSSR count). The van der Waals surface area contributed by atoms with E-state index in [0.29, 0.717) is 45.2 Å². The minimum atomic E-state index is -0.284. The number of nitrogens with zero attached hydrogens (tertiary/aromatic N) is 5. The molecular formula is C25H31N7O. The van der Waals surface area contributed by atoms with Gasteiger partial charge in [0.25, 0.3) is 0 Å². The van der Waals surface area contributed by atoms with Gasteiger partial charge in [0.05, 0.1) is 35.3 Å². The molecule has 0 aliphatic heterocycles. The number of methoxy groups -OCH3 is 1. The Kier molecular flexibility index (Phi) is 5.04. The van der Waals surface area contributed by atoms with Crippen LogP contribution in [0.3, 0.4) is 0 Å². The van der Waals surface area contributed by atoms with Crippen molar-refractivity contribution in [1.29, 1.82) is 0 Å². The first-order chi connectivity index (χ1) is 17.5. The minimum absolute atomic E-state index is 0.0898. The molecule has 0 spiro atoms. The first kappa shape index (κ1) is 17.7. The van der Waals surface area contributed by atoms with Crippen molar-refractivity contribution < 1.29 is 10.2 Å². The van der Waals surface area contributed by atoms with Crippen LogP contribution >= 0.6 is 0 Å². The van der Waals surface area contributed by atoms with Gasteiger partial charge in [-0.05, 0) is 32.3 Å². The number of nitrogens with one attached hydrogen (secondary N) is 1. The number of benzene rings is 2. The first-order valence-corrected chi connectivity index (χ1v) is 10.5. The Labute approximate surface area is 200 Å². The summed E-state index contributed by atoms with van der Waals surface area (Å²) in [5, 5.41) is 3.59. The predicted octanol–water partition coefficient (Wildman–Crippen LogP) is 3.97. The van der Waals surface area contributed by atoms with Gasteiger partial charge in [-0.25, -0.2) is 9.97 Å². The van der Waals surface area contributed by atoms with Gasteiger partial charge in [0.1, 0.15) is 5.75 Å². The fourth-order valence-electron chi connectivity index (χ4n) is 3.63. The number of para-hydroxylation sites is 1. The standard InChI is InChI=1S/C25H31N7O/c1-30(2)12-13-31(3)23-15-24(33-5)21(14-19(23)26)29-25-27-11-10-20(28-25)18-16-32(4)22-9-7-6-8-17(18)22/h6-11,14-16H,12-13,26H2,1-5H3,(H,27,28,29)/i6D,7D,8D,9D. The minimum Gasteiger partial charge on any atom is -0.494 e. The van der Waals surface area contributed by atoms with Gasteiger partial charge in [-0.2, -0.15) is 0 Å². The highest BCUT2D eigenvalue weighted by molar-refractivity contribution is 5.95. The molecule has 3 N–H and O–H groups in total. The summed E-state index contributed by atoms with van der Waals surface area (Å²) in [6, 6.07) is 4.61. The van der Waals surface area contributed by atoms with Crippen molar-refractivity contribution in [3.8, 4) is 17.0 Å². The van der Waals surface area contributed by atoms with E-state index in [9.17, 15) is 0 Å². The fourth-order valence-corrected chi connectivity index (χ4v) is 3.63. The van der Waals surface area contributed by atoms with Gasteiger partial charge in [-0.1, -0.05) is 18.1 Å². The third-order valence-electron chi connectivity index (χ3n) is 5.43. The summed E-state index contributed by atoms with van der Waals surface area (Å²) in [5.41, 5.74) is 9.92. The van der Waals surface area contributed by atoms with Crippen LogP contribution in [-0.2, 0) is 7.05 Å². The molecule has 33 heavy (non-hydrogen) atoms. The van der Waals surface area contributed by atoms with Crippen LogP contribution in [0.2, 0.25) is 0 Å². The molecule has 2 heterocycles. The van der Waals surface area contributed by atoms with Gasteiger partial charge in [0, 0.05) is 62.1 Å². The Bertz CT molecular complexity index is 1470. The van der Waals surface area contributed by atoms with Crippen LogP contribution in [0.5, 0.6) is 5.75 Å². The molecule has 2 aromatic heterocycles. The quantitative estimate of drug-likeness (QED) is 0.394. The third kappa shape index (κ3) is 4.70. The highest BCUT2D eigenvalue weighted by Gasteiger charge is 2.15. The zero-order valence-electron chi connectivity index (χ0n) is 23.5. The van der Waals surface area contributed by atoms with Crippen molar-refractivity contribution in [3.05, 3.63) is 54.8 Å². The van der Waals surface area contributed by atoms with Crippen LogP contribution in [0, 0.1) is 0 Å². The third-order valence-corrected chi connectivity index (χ3v) is 5.43. The van der Waals surface area contributed by atoms with Crippen molar-refractivity contribution in [2.24, 2.45) is 7.05 Å². The molecule has 172 valence electrons. The number of likely N-dealkylation sites (N-methyl/N-ethyl adjacent to an activating group) is 2. The van der Waals surface area contributed by atoms with E-state index in [1.54, 1.807) is 43.3 Å². The summed E-state index contributed by atoms with van der Waals surface area (Å²) in [7, 11) is 9.35. The molecule has 0 fully saturated rings. The number of aromatic nitrogens is 3. The lowest BCUT2D eigenvalue weighted by atomic mass is 10.1. The average molecular weight is 450 g/mol. The van der Waals surface area contributed by atoms with E-state index in [0.717, 1.165) is 18.8 Å². The Morgan fingerprint density at radius 3 is 2.73 bits per heavy atom. The van der Waals surface area contributed by atoms with Crippen LogP contribution in [-0.4, -0.2) is 60.8 Å². The Morgan fingerprint density at radius 1 is 1.18 bits per heavy atom. The second-order valence-corrected chi connectivity index (χ2v) is 8.10. The molecule has 8 heteroatoms. The molecule has 8 nitrogen and oxygen atoms in total. The van der Waals surface area contributed by atoms with E-state index in [1.165, 1.54) is 0 Å². The number of anilines is 4. The second kappa shape index (κ2) is 9.38. The molecule has 0 saturated heterocycles. The van der Waals surface area contributed by atoms with Crippen LogP contribution in [0.1, 0.15) is 5.48 Å². The van der Waals surface area contributed by atoms with Gasteiger partial charge < -0.3 is 30.2 Å². The number of ether oxygens (including phenoxy) is 1. The predicted molar refractivity (Wildman–Crippen MR) is 136 cm³/mol. The molecule has 0 aliphatic carbocycles. The van der Waals surface area contributed by atoms with Crippen LogP contribution < -0.4 is 20.7 Å². The molecule has 0 amide bonds. The van der Waals surface area contributed by atoms with Gasteiger partial charge >= 0.3 is 0 Å². The molecule has 0 bridgehead atoms. The lowest BCUT2D eigenvalue weighted by molar-refractivity contribution is 0.413. The molecule has 0 aliphatic rings. The average Bonchev–Trinajstić information content (AvgIpc) is 3.22. The van der Waals surface area contributed by atoms with E-state index in [-0.39, 0.29) is 24.2 Å². The van der Waals surface area contributed by atoms with Gasteiger partial charge in [-0.3, -0.25) is 0 Å². The maximum atomic E-state index is 8.45. The molecule has 2 aromatic carbocycles. The van der Waals surface area contributed by atoms with Crippen molar-refractivity contribution >= 4 is 33.9 Å². The summed E-state index contributed by atoms with van der Waals surface area (Å²) in [5.74, 6) is 0.871. The lowest BCUT2D eigenvalue weighted by Crippen LogP contribution is -2.29. The topological polar surface area (TPSA) is 84.5 Å². The molecular weight excluding hydrogens is 414 g/mol. The highest BCUT2D eigenvalue weighted by atomic mass is 16.5. The molecule has 0 radical (unpaired) electrons. The Morgan fingerprint density at radius 2 is 1.97 bits per heavy atom. The number of hydrogen-bond acceptors (Lipinski definition) is 7. The van der Waals surface area contributed by atoms with Crippen LogP contribution in [0.25, 0.3) is 22.2 Å². The van der Waals surface area contributed by atoms with Crippen molar-refractivity contribution in [2.75, 3.05) is 57.3 Å². The molecule has 0 saturated carbocycles. The monoisotopic (exact) mass is 449 g/mol. The number of aryl methyl sites for hydroxylation is 1. The highest BCUT2D eigenvalue weighted by Crippen LogP contribution is 2.36. The normalized spacial score (nSPS) is 12.9. The van der Waals surface area contributed by atoms with E-state index >= 15 is 0 Å². The maximum absolute atomic E-state index is 8.45. The number of nitrogen functional groups attached to an aromatic ring is 1. The summed E-state index contributed by atoms with van der Waals surface area (Å²) >= 11 is 0. The molecule has 0 atom stereocenters. The number of nitrogens with two attached hydrogens (primary N) is 1. The zero-order valence-corrected chi connectivity index (χ0v) is 19.5. The van der Waals surface area contributed by atoms with Crippen molar-refractivity contribution in [1.82, 2.24) is 19.4 Å². The fraction of sp³-hybridized carbons (Fsp3) is 0.280. The van der Waals surface area contributed by atoms with Crippen molar-refractivity contribution in [3.63, 3.8) is 0 Å². The Hall–Kier alpha value is -3.78. The zero-order chi connectivity index (χ0) is 27.0. The lowest BCUT2D eigenvalue weighted by Gasteiger charge is -2.24. The molecule has 4 aromatic rings. The van der Waals surface area contributed by atoms with E-state index in [2.05, 4.69) is 25.1 Å². The largest absolute Gasteiger partial charge is 0.494 e. The number of rotatable bonds is 8. The summed E-state index contributed by atoms with van der Waals surface area (Å²) in [6.45, 7) is 1.67. The van der Waals surface area contributed by atoms with E-state index < -0.39 is 0 Å². The summed E-state index contributed by atoms with van der Waals surface area (Å²) < 4.78 is 40.2. The molecule has 0 unspecified atom stereocenters. The smallest absolute Gasteiger partial charge is 0.227 e. The Balaban J connectivity index is 1.71. The summed E-state index contributed by atoms with van der Waals surface area (Å²) in [6.07, 6.45) is 3.34. The number of hydrogen-bond donors (Lipinski definition) is 2. The second-order valence-electron chi connectivity index (χ2n) is 8.10. The number of fused-ring (bicyclic) bond motifs is 1. The SMILES string of the molecule is [2H]c1c([2H])c([2H])c2c(c(-c3ccnc(Nc4cc(N)c(N(C)CCN(C)C)cc4OC)n3)cn2C)c1[2H]. The maximum Gasteiger partial charge on any atom is 0.227 e. The van der Waals surface area contributed by atoms with Gasteiger partial charge in [0.2, 0.25) is 5.95 Å². The van der Waals surface area contributed by atoms with Crippen LogP contribution in [0.4, 0.5) is 23.0 Å². The van der Waals surface area contributed by atoms with Crippen LogP contribution in [0.15, 0.2) is 54.8 Å². The van der Waals surface area contributed by atoms with E-state index in [4.69, 9.17) is 16.0 Å². The first-order valence-electron chi connectivity index (χ1n) is 12.5. The van der Waals surface area contributed by atoms with Gasteiger partial charge in [0.15, 0.2) is 0 Å². The van der Waals surface area contributed by atoms with Crippen molar-refractivity contribution in [2.45, 2.75) is 0 Å². The van der Waals surface area contributed by atoms with Gasteiger partial charge in [-0.15, -0.1) is 0 Å². The van der Waals surface area contributed by atoms with E-state index in [1.807, 2.05) is 27.2 Å². The summed E-state index contributed by atoms with van der Waals surface area (Å²) in [4.78, 5) is 13.1.